The SMILES string of the molecule is CC(O)CC(C)NC1CC(C)CC(C)(C)C1. The minimum atomic E-state index is -0.198. The zero-order chi connectivity index (χ0) is 12.3. The van der Waals surface area contributed by atoms with Crippen molar-refractivity contribution in [1.82, 2.24) is 5.32 Å². The second-order valence-electron chi connectivity index (χ2n) is 6.76. The van der Waals surface area contributed by atoms with Gasteiger partial charge in [0, 0.05) is 12.1 Å². The van der Waals surface area contributed by atoms with E-state index in [9.17, 15) is 5.11 Å². The minimum Gasteiger partial charge on any atom is -0.393 e. The van der Waals surface area contributed by atoms with Crippen LogP contribution in [0.5, 0.6) is 0 Å². The van der Waals surface area contributed by atoms with Gasteiger partial charge in [-0.05, 0) is 50.9 Å². The first-order chi connectivity index (χ1) is 7.28. The Kier molecular flexibility index (Phi) is 4.81. The van der Waals surface area contributed by atoms with Crippen LogP contribution in [0, 0.1) is 11.3 Å². The molecule has 1 fully saturated rings. The maximum atomic E-state index is 9.37. The lowest BCUT2D eigenvalue weighted by molar-refractivity contribution is 0.129. The van der Waals surface area contributed by atoms with Crippen LogP contribution in [0.25, 0.3) is 0 Å². The summed E-state index contributed by atoms with van der Waals surface area (Å²) in [4.78, 5) is 0. The lowest BCUT2D eigenvalue weighted by atomic mass is 9.70. The van der Waals surface area contributed by atoms with Crippen molar-refractivity contribution < 1.29 is 5.11 Å². The molecule has 0 aliphatic heterocycles. The van der Waals surface area contributed by atoms with Gasteiger partial charge < -0.3 is 10.4 Å². The predicted molar refractivity (Wildman–Crippen MR) is 69.5 cm³/mol. The van der Waals surface area contributed by atoms with Crippen LogP contribution in [0.4, 0.5) is 0 Å². The molecule has 4 atom stereocenters. The minimum absolute atomic E-state index is 0.198. The highest BCUT2D eigenvalue weighted by Gasteiger charge is 2.32. The lowest BCUT2D eigenvalue weighted by Gasteiger charge is -2.40. The van der Waals surface area contributed by atoms with Gasteiger partial charge in [-0.15, -0.1) is 0 Å². The molecule has 0 spiro atoms. The van der Waals surface area contributed by atoms with Gasteiger partial charge >= 0.3 is 0 Å². The fourth-order valence-electron chi connectivity index (χ4n) is 3.46. The first-order valence-electron chi connectivity index (χ1n) is 6.72. The fraction of sp³-hybridized carbons (Fsp3) is 1.00. The fourth-order valence-corrected chi connectivity index (χ4v) is 3.46. The maximum Gasteiger partial charge on any atom is 0.0526 e. The molecule has 2 heteroatoms. The van der Waals surface area contributed by atoms with Gasteiger partial charge in [0.15, 0.2) is 0 Å². The summed E-state index contributed by atoms with van der Waals surface area (Å²) in [7, 11) is 0. The summed E-state index contributed by atoms with van der Waals surface area (Å²) < 4.78 is 0. The summed E-state index contributed by atoms with van der Waals surface area (Å²) in [5.74, 6) is 0.819. The molecule has 1 aliphatic carbocycles. The molecular formula is C14H29NO. The molecule has 1 saturated carbocycles. The molecule has 96 valence electrons. The monoisotopic (exact) mass is 227 g/mol. The van der Waals surface area contributed by atoms with Crippen LogP contribution in [-0.2, 0) is 0 Å². The first kappa shape index (κ1) is 14.0. The highest BCUT2D eigenvalue weighted by molar-refractivity contribution is 4.87. The second-order valence-corrected chi connectivity index (χ2v) is 6.76. The molecule has 0 saturated heterocycles. The average molecular weight is 227 g/mol. The third kappa shape index (κ3) is 4.84. The Hall–Kier alpha value is -0.0800. The van der Waals surface area contributed by atoms with Crippen molar-refractivity contribution in [2.75, 3.05) is 0 Å². The lowest BCUT2D eigenvalue weighted by Crippen LogP contribution is -2.44. The zero-order valence-corrected chi connectivity index (χ0v) is 11.6. The van der Waals surface area contributed by atoms with Crippen molar-refractivity contribution in [3.8, 4) is 0 Å². The molecule has 0 heterocycles. The third-order valence-corrected chi connectivity index (χ3v) is 3.60. The standard InChI is InChI=1S/C14H29NO/c1-10-6-13(9-14(4,5)8-10)15-11(2)7-12(3)16/h10-13,15-16H,6-9H2,1-5H3. The number of aliphatic hydroxyl groups is 1. The van der Waals surface area contributed by atoms with E-state index in [1.54, 1.807) is 0 Å². The molecule has 2 nitrogen and oxygen atoms in total. The van der Waals surface area contributed by atoms with E-state index in [-0.39, 0.29) is 6.10 Å². The van der Waals surface area contributed by atoms with Crippen molar-refractivity contribution in [3.63, 3.8) is 0 Å². The number of nitrogens with one attached hydrogen (secondary N) is 1. The molecular weight excluding hydrogens is 198 g/mol. The molecule has 0 bridgehead atoms. The molecule has 4 unspecified atom stereocenters. The smallest absolute Gasteiger partial charge is 0.0526 e. The van der Waals surface area contributed by atoms with Gasteiger partial charge in [-0.2, -0.15) is 0 Å². The van der Waals surface area contributed by atoms with Crippen LogP contribution < -0.4 is 5.32 Å². The maximum absolute atomic E-state index is 9.37. The Morgan fingerprint density at radius 3 is 2.44 bits per heavy atom. The molecule has 0 aromatic carbocycles. The van der Waals surface area contributed by atoms with Crippen molar-refractivity contribution in [1.29, 1.82) is 0 Å². The number of hydrogen-bond acceptors (Lipinski definition) is 2. The normalized spacial score (nSPS) is 33.4. The quantitative estimate of drug-likeness (QED) is 0.774. The molecule has 0 radical (unpaired) electrons. The van der Waals surface area contributed by atoms with E-state index in [1.807, 2.05) is 6.92 Å². The third-order valence-electron chi connectivity index (χ3n) is 3.60. The Morgan fingerprint density at radius 1 is 1.31 bits per heavy atom. The van der Waals surface area contributed by atoms with Crippen molar-refractivity contribution in [2.24, 2.45) is 11.3 Å². The largest absolute Gasteiger partial charge is 0.393 e. The van der Waals surface area contributed by atoms with Crippen LogP contribution >= 0.6 is 0 Å². The summed E-state index contributed by atoms with van der Waals surface area (Å²) in [6.07, 6.45) is 4.55. The molecule has 0 aromatic rings. The molecule has 1 aliphatic rings. The first-order valence-corrected chi connectivity index (χ1v) is 6.72. The van der Waals surface area contributed by atoms with E-state index in [0.717, 1.165) is 12.3 Å². The molecule has 1 rings (SSSR count). The van der Waals surface area contributed by atoms with E-state index in [4.69, 9.17) is 0 Å². The van der Waals surface area contributed by atoms with Crippen molar-refractivity contribution in [2.45, 2.75) is 78.5 Å². The summed E-state index contributed by atoms with van der Waals surface area (Å²) >= 11 is 0. The van der Waals surface area contributed by atoms with Gasteiger partial charge in [0.2, 0.25) is 0 Å². The summed E-state index contributed by atoms with van der Waals surface area (Å²) in [6, 6.07) is 1.05. The number of hydrogen-bond donors (Lipinski definition) is 2. The molecule has 2 N–H and O–H groups in total. The van der Waals surface area contributed by atoms with E-state index >= 15 is 0 Å². The number of rotatable bonds is 4. The Labute approximate surface area is 101 Å². The average Bonchev–Trinajstić information content (AvgIpc) is 1.95. The van der Waals surface area contributed by atoms with E-state index in [0.29, 0.717) is 17.5 Å². The van der Waals surface area contributed by atoms with Gasteiger partial charge in [0.05, 0.1) is 6.10 Å². The van der Waals surface area contributed by atoms with Crippen LogP contribution in [-0.4, -0.2) is 23.3 Å². The topological polar surface area (TPSA) is 32.3 Å². The number of aliphatic hydroxyl groups excluding tert-OH is 1. The van der Waals surface area contributed by atoms with Crippen molar-refractivity contribution in [3.05, 3.63) is 0 Å². The van der Waals surface area contributed by atoms with Gasteiger partial charge in [-0.25, -0.2) is 0 Å². The predicted octanol–water partition coefficient (Wildman–Crippen LogP) is 2.95. The van der Waals surface area contributed by atoms with E-state index < -0.39 is 0 Å². The Morgan fingerprint density at radius 2 is 1.94 bits per heavy atom. The van der Waals surface area contributed by atoms with Crippen LogP contribution in [0.2, 0.25) is 0 Å². The van der Waals surface area contributed by atoms with Gasteiger partial charge in [0.1, 0.15) is 0 Å². The summed E-state index contributed by atoms with van der Waals surface area (Å²) in [6.45, 7) is 11.1. The zero-order valence-electron chi connectivity index (χ0n) is 11.6. The van der Waals surface area contributed by atoms with Gasteiger partial charge in [-0.3, -0.25) is 0 Å². The van der Waals surface area contributed by atoms with Gasteiger partial charge in [-0.1, -0.05) is 20.8 Å². The van der Waals surface area contributed by atoms with E-state index in [1.165, 1.54) is 19.3 Å². The Bertz CT molecular complexity index is 213. The van der Waals surface area contributed by atoms with Crippen LogP contribution in [0.1, 0.15) is 60.3 Å². The van der Waals surface area contributed by atoms with Crippen LogP contribution in [0.15, 0.2) is 0 Å². The molecule has 16 heavy (non-hydrogen) atoms. The molecule has 0 amide bonds. The second kappa shape index (κ2) is 5.50. The van der Waals surface area contributed by atoms with E-state index in [2.05, 4.69) is 33.0 Å². The summed E-state index contributed by atoms with van der Waals surface area (Å²) in [5, 5.41) is 13.0. The highest BCUT2D eigenvalue weighted by Crippen LogP contribution is 2.38. The van der Waals surface area contributed by atoms with Crippen LogP contribution in [0.3, 0.4) is 0 Å². The molecule has 0 aromatic heterocycles. The van der Waals surface area contributed by atoms with Gasteiger partial charge in [0.25, 0.3) is 0 Å². The van der Waals surface area contributed by atoms with Crippen molar-refractivity contribution >= 4 is 0 Å². The highest BCUT2D eigenvalue weighted by atomic mass is 16.3. The summed E-state index contributed by atoms with van der Waals surface area (Å²) in [5.41, 5.74) is 0.472. The Balaban J connectivity index is 2.41.